The summed E-state index contributed by atoms with van der Waals surface area (Å²) in [6.07, 6.45) is 0. The molecule has 1 aromatic heterocycles. The van der Waals surface area contributed by atoms with Crippen LogP contribution in [0.2, 0.25) is 0 Å². The van der Waals surface area contributed by atoms with Crippen LogP contribution in [0, 0.1) is 10.1 Å². The molecule has 0 saturated heterocycles. The standard InChI is InChI=1S/C13H14N4O5/c1-7(2)12-11(13(18)19)14-15-16(12)8-4-5-10(22-3)9(6-8)17(20)21/h4-7H,1-3H3,(H,18,19). The van der Waals surface area contributed by atoms with Crippen molar-refractivity contribution < 1.29 is 19.6 Å². The van der Waals surface area contributed by atoms with Gasteiger partial charge < -0.3 is 9.84 Å². The minimum atomic E-state index is -1.20. The van der Waals surface area contributed by atoms with Gasteiger partial charge in [-0.2, -0.15) is 0 Å². The quantitative estimate of drug-likeness (QED) is 0.662. The van der Waals surface area contributed by atoms with Gasteiger partial charge in [-0.15, -0.1) is 5.10 Å². The summed E-state index contributed by atoms with van der Waals surface area (Å²) < 4.78 is 6.23. The number of hydrogen-bond donors (Lipinski definition) is 1. The van der Waals surface area contributed by atoms with Crippen molar-refractivity contribution in [2.45, 2.75) is 19.8 Å². The molecular formula is C13H14N4O5. The van der Waals surface area contributed by atoms with Gasteiger partial charge in [0.1, 0.15) is 0 Å². The minimum Gasteiger partial charge on any atom is -0.490 e. The Hall–Kier alpha value is -2.97. The van der Waals surface area contributed by atoms with E-state index in [-0.39, 0.29) is 23.0 Å². The monoisotopic (exact) mass is 306 g/mol. The number of carboxylic acids is 1. The molecule has 116 valence electrons. The molecule has 0 aliphatic carbocycles. The molecule has 0 bridgehead atoms. The van der Waals surface area contributed by atoms with Crippen molar-refractivity contribution in [2.24, 2.45) is 0 Å². The lowest BCUT2D eigenvalue weighted by atomic mass is 10.1. The number of nitro benzene ring substituents is 1. The number of aromatic nitrogens is 3. The van der Waals surface area contributed by atoms with Crippen LogP contribution in [-0.2, 0) is 0 Å². The summed E-state index contributed by atoms with van der Waals surface area (Å²) in [6.45, 7) is 3.58. The maximum absolute atomic E-state index is 11.2. The zero-order valence-electron chi connectivity index (χ0n) is 12.2. The Bertz CT molecular complexity index is 738. The van der Waals surface area contributed by atoms with E-state index < -0.39 is 10.9 Å². The summed E-state index contributed by atoms with van der Waals surface area (Å²) in [7, 11) is 1.33. The Morgan fingerprint density at radius 3 is 2.64 bits per heavy atom. The number of methoxy groups -OCH3 is 1. The third-order valence-corrected chi connectivity index (χ3v) is 3.06. The molecule has 0 saturated carbocycles. The van der Waals surface area contributed by atoms with E-state index in [0.717, 1.165) is 0 Å². The molecule has 1 N–H and O–H groups in total. The molecule has 0 radical (unpaired) electrons. The maximum Gasteiger partial charge on any atom is 0.358 e. The number of nitro groups is 1. The lowest BCUT2D eigenvalue weighted by Crippen LogP contribution is -2.09. The van der Waals surface area contributed by atoms with Crippen LogP contribution in [0.4, 0.5) is 5.69 Å². The van der Waals surface area contributed by atoms with Gasteiger partial charge in [0.15, 0.2) is 11.4 Å². The summed E-state index contributed by atoms with van der Waals surface area (Å²) in [5.41, 5.74) is 0.304. The highest BCUT2D eigenvalue weighted by atomic mass is 16.6. The van der Waals surface area contributed by atoms with Crippen molar-refractivity contribution in [3.8, 4) is 11.4 Å². The molecular weight excluding hydrogens is 292 g/mol. The molecule has 1 aromatic carbocycles. The molecule has 0 fully saturated rings. The van der Waals surface area contributed by atoms with Crippen molar-refractivity contribution in [1.82, 2.24) is 15.0 Å². The van der Waals surface area contributed by atoms with Gasteiger partial charge in [-0.3, -0.25) is 10.1 Å². The molecule has 0 atom stereocenters. The van der Waals surface area contributed by atoms with Crippen LogP contribution in [0.5, 0.6) is 5.75 Å². The fourth-order valence-electron chi connectivity index (χ4n) is 2.10. The van der Waals surface area contributed by atoms with Gasteiger partial charge in [0.25, 0.3) is 0 Å². The van der Waals surface area contributed by atoms with Gasteiger partial charge in [-0.25, -0.2) is 9.48 Å². The van der Waals surface area contributed by atoms with E-state index in [2.05, 4.69) is 10.3 Å². The van der Waals surface area contributed by atoms with Crippen LogP contribution < -0.4 is 4.74 Å². The average molecular weight is 306 g/mol. The van der Waals surface area contributed by atoms with Gasteiger partial charge in [-0.05, 0) is 18.1 Å². The third-order valence-electron chi connectivity index (χ3n) is 3.06. The lowest BCUT2D eigenvalue weighted by molar-refractivity contribution is -0.385. The molecule has 9 nitrogen and oxygen atoms in total. The number of nitrogens with zero attached hydrogens (tertiary/aromatic N) is 4. The highest BCUT2D eigenvalue weighted by molar-refractivity contribution is 5.86. The second-order valence-electron chi connectivity index (χ2n) is 4.81. The molecule has 22 heavy (non-hydrogen) atoms. The minimum absolute atomic E-state index is 0.110. The molecule has 0 amide bonds. The Balaban J connectivity index is 2.65. The zero-order chi connectivity index (χ0) is 16.4. The Labute approximate surface area is 125 Å². The van der Waals surface area contributed by atoms with E-state index in [0.29, 0.717) is 11.4 Å². The Morgan fingerprint density at radius 1 is 1.45 bits per heavy atom. The second-order valence-corrected chi connectivity index (χ2v) is 4.81. The summed E-state index contributed by atoms with van der Waals surface area (Å²) in [6, 6.07) is 4.25. The smallest absolute Gasteiger partial charge is 0.358 e. The molecule has 0 unspecified atom stereocenters. The van der Waals surface area contributed by atoms with Gasteiger partial charge in [0, 0.05) is 6.07 Å². The van der Waals surface area contributed by atoms with Crippen molar-refractivity contribution in [2.75, 3.05) is 7.11 Å². The number of benzene rings is 1. The molecule has 2 rings (SSSR count). The number of carboxylic acid groups (broad SMARTS) is 1. The van der Waals surface area contributed by atoms with E-state index in [4.69, 9.17) is 9.84 Å². The summed E-state index contributed by atoms with van der Waals surface area (Å²) in [5.74, 6) is -1.27. The highest BCUT2D eigenvalue weighted by Gasteiger charge is 2.24. The molecule has 0 aliphatic heterocycles. The van der Waals surface area contributed by atoms with Crippen LogP contribution in [0.3, 0.4) is 0 Å². The molecule has 1 heterocycles. The van der Waals surface area contributed by atoms with Crippen molar-refractivity contribution in [3.05, 3.63) is 39.7 Å². The summed E-state index contributed by atoms with van der Waals surface area (Å²) in [4.78, 5) is 21.7. The van der Waals surface area contributed by atoms with Crippen LogP contribution in [0.25, 0.3) is 5.69 Å². The van der Waals surface area contributed by atoms with Gasteiger partial charge in [0.05, 0.1) is 23.4 Å². The summed E-state index contributed by atoms with van der Waals surface area (Å²) in [5, 5.41) is 27.7. The van der Waals surface area contributed by atoms with Crippen molar-refractivity contribution in [3.63, 3.8) is 0 Å². The number of carbonyl (C=O) groups is 1. The molecule has 9 heteroatoms. The van der Waals surface area contributed by atoms with Gasteiger partial charge in [-0.1, -0.05) is 19.1 Å². The van der Waals surface area contributed by atoms with Crippen LogP contribution in [-0.4, -0.2) is 38.1 Å². The van der Waals surface area contributed by atoms with Crippen LogP contribution in [0.1, 0.15) is 35.9 Å². The Morgan fingerprint density at radius 2 is 2.14 bits per heavy atom. The zero-order valence-corrected chi connectivity index (χ0v) is 12.2. The van der Waals surface area contributed by atoms with Gasteiger partial charge in [0.2, 0.25) is 0 Å². The maximum atomic E-state index is 11.2. The average Bonchev–Trinajstić information content (AvgIpc) is 2.91. The highest BCUT2D eigenvalue weighted by Crippen LogP contribution is 2.30. The fourth-order valence-corrected chi connectivity index (χ4v) is 2.10. The number of hydrogen-bond acceptors (Lipinski definition) is 6. The van der Waals surface area contributed by atoms with E-state index in [1.54, 1.807) is 19.9 Å². The van der Waals surface area contributed by atoms with E-state index in [1.807, 2.05) is 0 Å². The predicted octanol–water partition coefficient (Wildman–Crippen LogP) is 2.01. The number of aromatic carboxylic acids is 1. The first-order chi connectivity index (χ1) is 10.4. The first kappa shape index (κ1) is 15.4. The fraction of sp³-hybridized carbons (Fsp3) is 0.308. The second kappa shape index (κ2) is 5.80. The van der Waals surface area contributed by atoms with Gasteiger partial charge >= 0.3 is 11.7 Å². The van der Waals surface area contributed by atoms with Crippen LogP contribution in [0.15, 0.2) is 18.2 Å². The van der Waals surface area contributed by atoms with Crippen molar-refractivity contribution >= 4 is 11.7 Å². The Kier molecular flexibility index (Phi) is 4.06. The van der Waals surface area contributed by atoms with E-state index in [9.17, 15) is 14.9 Å². The normalized spacial score (nSPS) is 10.7. The van der Waals surface area contributed by atoms with Crippen LogP contribution >= 0.6 is 0 Å². The molecule has 0 aliphatic rings. The molecule has 0 spiro atoms. The largest absolute Gasteiger partial charge is 0.490 e. The lowest BCUT2D eigenvalue weighted by Gasteiger charge is -2.10. The SMILES string of the molecule is COc1ccc(-n2nnc(C(=O)O)c2C(C)C)cc1[N+](=O)[O-]. The molecule has 2 aromatic rings. The first-order valence-electron chi connectivity index (χ1n) is 6.38. The topological polar surface area (TPSA) is 120 Å². The number of ether oxygens (including phenoxy) is 1. The predicted molar refractivity (Wildman–Crippen MR) is 75.6 cm³/mol. The first-order valence-corrected chi connectivity index (χ1v) is 6.38. The third kappa shape index (κ3) is 2.60. The number of rotatable bonds is 5. The summed E-state index contributed by atoms with van der Waals surface area (Å²) >= 11 is 0. The van der Waals surface area contributed by atoms with E-state index in [1.165, 1.54) is 23.9 Å². The van der Waals surface area contributed by atoms with Crippen molar-refractivity contribution in [1.29, 1.82) is 0 Å². The van der Waals surface area contributed by atoms with E-state index >= 15 is 0 Å².